The Morgan fingerprint density at radius 1 is 1.39 bits per heavy atom. The van der Waals surface area contributed by atoms with Crippen molar-refractivity contribution in [3.05, 3.63) is 42.2 Å². The lowest BCUT2D eigenvalue weighted by Gasteiger charge is -2.05. The zero-order valence-corrected chi connectivity index (χ0v) is 9.23. The first kappa shape index (κ1) is 12.0. The number of benzene rings is 1. The Labute approximate surface area is 101 Å². The van der Waals surface area contributed by atoms with Gasteiger partial charge in [-0.2, -0.15) is 5.10 Å². The van der Waals surface area contributed by atoms with Crippen LogP contribution in [0.1, 0.15) is 0 Å². The average Bonchev–Trinajstić information content (AvgIpc) is 2.69. The van der Waals surface area contributed by atoms with Gasteiger partial charge in [-0.25, -0.2) is 8.78 Å². The molecule has 0 bridgehead atoms. The summed E-state index contributed by atoms with van der Waals surface area (Å²) < 4.78 is 26.9. The summed E-state index contributed by atoms with van der Waals surface area (Å²) in [5.41, 5.74) is 6.06. The maximum atomic E-state index is 12.9. The molecule has 0 aliphatic carbocycles. The summed E-state index contributed by atoms with van der Waals surface area (Å²) in [7, 11) is 0. The number of rotatable bonds is 3. The van der Waals surface area contributed by atoms with Crippen LogP contribution < -0.4 is 11.1 Å². The van der Waals surface area contributed by atoms with Crippen molar-refractivity contribution in [2.75, 3.05) is 11.1 Å². The number of carbonyl (C=O) groups excluding carboxylic acids is 1. The lowest BCUT2D eigenvalue weighted by atomic mass is 10.3. The highest BCUT2D eigenvalue weighted by atomic mass is 19.2. The van der Waals surface area contributed by atoms with Crippen molar-refractivity contribution in [3.63, 3.8) is 0 Å². The molecule has 1 heterocycles. The van der Waals surface area contributed by atoms with E-state index < -0.39 is 17.5 Å². The molecule has 0 fully saturated rings. The second-order valence-electron chi connectivity index (χ2n) is 3.65. The predicted molar refractivity (Wildman–Crippen MR) is 61.6 cm³/mol. The third-order valence-corrected chi connectivity index (χ3v) is 2.16. The van der Waals surface area contributed by atoms with Gasteiger partial charge in [0, 0.05) is 18.0 Å². The van der Waals surface area contributed by atoms with Crippen molar-refractivity contribution in [2.24, 2.45) is 0 Å². The lowest BCUT2D eigenvalue weighted by Crippen LogP contribution is -2.19. The number of hydrogen-bond acceptors (Lipinski definition) is 3. The van der Waals surface area contributed by atoms with E-state index in [9.17, 15) is 13.6 Å². The molecule has 94 valence electrons. The van der Waals surface area contributed by atoms with E-state index in [1.54, 1.807) is 0 Å². The summed E-state index contributed by atoms with van der Waals surface area (Å²) >= 11 is 0. The Morgan fingerprint density at radius 3 is 2.78 bits per heavy atom. The predicted octanol–water partition coefficient (Wildman–Crippen LogP) is 1.38. The molecule has 1 amide bonds. The van der Waals surface area contributed by atoms with Gasteiger partial charge in [-0.3, -0.25) is 9.48 Å². The number of nitrogen functional groups attached to an aromatic ring is 1. The molecule has 7 heteroatoms. The molecule has 0 saturated heterocycles. The van der Waals surface area contributed by atoms with Gasteiger partial charge in [-0.15, -0.1) is 0 Å². The van der Waals surface area contributed by atoms with Crippen LogP contribution in [0.15, 0.2) is 30.6 Å². The first-order valence-corrected chi connectivity index (χ1v) is 5.07. The number of aromatic nitrogens is 2. The highest BCUT2D eigenvalue weighted by molar-refractivity contribution is 5.90. The SMILES string of the molecule is Nc1cnn(CC(=O)Nc2ccc(F)c(F)c2)c1. The van der Waals surface area contributed by atoms with E-state index >= 15 is 0 Å². The molecule has 0 aliphatic heterocycles. The average molecular weight is 252 g/mol. The fraction of sp³-hybridized carbons (Fsp3) is 0.0909. The number of hydrogen-bond donors (Lipinski definition) is 2. The van der Waals surface area contributed by atoms with Crippen LogP contribution in [-0.4, -0.2) is 15.7 Å². The number of nitrogens with zero attached hydrogens (tertiary/aromatic N) is 2. The molecule has 1 aromatic heterocycles. The summed E-state index contributed by atoms with van der Waals surface area (Å²) in [6, 6.07) is 3.12. The van der Waals surface area contributed by atoms with Gasteiger partial charge in [0.25, 0.3) is 0 Å². The highest BCUT2D eigenvalue weighted by Crippen LogP contribution is 2.13. The highest BCUT2D eigenvalue weighted by Gasteiger charge is 2.07. The largest absolute Gasteiger partial charge is 0.396 e. The Kier molecular flexibility index (Phi) is 3.22. The number of nitrogens with one attached hydrogen (secondary N) is 1. The van der Waals surface area contributed by atoms with Gasteiger partial charge in [-0.05, 0) is 12.1 Å². The van der Waals surface area contributed by atoms with Crippen molar-refractivity contribution in [3.8, 4) is 0 Å². The van der Waals surface area contributed by atoms with Crippen LogP contribution in [0.25, 0.3) is 0 Å². The minimum absolute atomic E-state index is 0.0593. The van der Waals surface area contributed by atoms with Gasteiger partial charge < -0.3 is 11.1 Å². The van der Waals surface area contributed by atoms with Crippen molar-refractivity contribution in [1.29, 1.82) is 0 Å². The van der Waals surface area contributed by atoms with E-state index in [0.717, 1.165) is 12.1 Å². The molecule has 0 radical (unpaired) electrons. The Hall–Kier alpha value is -2.44. The van der Waals surface area contributed by atoms with E-state index in [4.69, 9.17) is 5.73 Å². The number of amides is 1. The fourth-order valence-corrected chi connectivity index (χ4v) is 1.39. The molecule has 0 saturated carbocycles. The Bertz CT molecular complexity index is 582. The molecule has 0 atom stereocenters. The van der Waals surface area contributed by atoms with Crippen LogP contribution in [0.3, 0.4) is 0 Å². The first-order chi connectivity index (χ1) is 8.54. The summed E-state index contributed by atoms with van der Waals surface area (Å²) in [4.78, 5) is 11.6. The number of halogens is 2. The second kappa shape index (κ2) is 4.82. The maximum absolute atomic E-state index is 12.9. The lowest BCUT2D eigenvalue weighted by molar-refractivity contribution is -0.116. The molecule has 5 nitrogen and oxygen atoms in total. The van der Waals surface area contributed by atoms with Gasteiger partial charge in [0.05, 0.1) is 11.9 Å². The van der Waals surface area contributed by atoms with E-state index in [0.29, 0.717) is 5.69 Å². The number of anilines is 2. The molecule has 18 heavy (non-hydrogen) atoms. The Balaban J connectivity index is 2.00. The fourth-order valence-electron chi connectivity index (χ4n) is 1.39. The third-order valence-electron chi connectivity index (χ3n) is 2.16. The van der Waals surface area contributed by atoms with Crippen LogP contribution in [0.5, 0.6) is 0 Å². The van der Waals surface area contributed by atoms with Crippen molar-refractivity contribution >= 4 is 17.3 Å². The molecule has 0 unspecified atom stereocenters. The van der Waals surface area contributed by atoms with Crippen LogP contribution in [0.2, 0.25) is 0 Å². The zero-order chi connectivity index (χ0) is 13.1. The standard InChI is InChI=1S/C11H10F2N4O/c12-9-2-1-8(3-10(9)13)16-11(18)6-17-5-7(14)4-15-17/h1-5H,6,14H2,(H,16,18). The molecule has 3 N–H and O–H groups in total. The quantitative estimate of drug-likeness (QED) is 0.866. The van der Waals surface area contributed by atoms with E-state index in [1.165, 1.54) is 23.1 Å². The molecular weight excluding hydrogens is 242 g/mol. The van der Waals surface area contributed by atoms with Crippen molar-refractivity contribution in [1.82, 2.24) is 9.78 Å². The molecular formula is C11H10F2N4O. The maximum Gasteiger partial charge on any atom is 0.246 e. The molecule has 0 spiro atoms. The Morgan fingerprint density at radius 2 is 2.17 bits per heavy atom. The minimum atomic E-state index is -1.02. The zero-order valence-electron chi connectivity index (χ0n) is 9.23. The first-order valence-electron chi connectivity index (χ1n) is 5.07. The van der Waals surface area contributed by atoms with Gasteiger partial charge in [0.2, 0.25) is 5.91 Å². The van der Waals surface area contributed by atoms with Crippen LogP contribution in [0.4, 0.5) is 20.2 Å². The van der Waals surface area contributed by atoms with E-state index in [1.807, 2.05) is 0 Å². The topological polar surface area (TPSA) is 72.9 Å². The smallest absolute Gasteiger partial charge is 0.246 e. The normalized spacial score (nSPS) is 10.3. The van der Waals surface area contributed by atoms with E-state index in [2.05, 4.69) is 10.4 Å². The molecule has 1 aromatic carbocycles. The summed E-state index contributed by atoms with van der Waals surface area (Å²) in [5, 5.41) is 6.25. The second-order valence-corrected chi connectivity index (χ2v) is 3.65. The van der Waals surface area contributed by atoms with Crippen LogP contribution in [0, 0.1) is 11.6 Å². The van der Waals surface area contributed by atoms with Gasteiger partial charge in [-0.1, -0.05) is 0 Å². The van der Waals surface area contributed by atoms with Gasteiger partial charge in [0.1, 0.15) is 6.54 Å². The third kappa shape index (κ3) is 2.82. The van der Waals surface area contributed by atoms with Crippen molar-refractivity contribution < 1.29 is 13.6 Å². The molecule has 0 aliphatic rings. The van der Waals surface area contributed by atoms with Gasteiger partial charge >= 0.3 is 0 Å². The van der Waals surface area contributed by atoms with Gasteiger partial charge in [0.15, 0.2) is 11.6 Å². The monoisotopic (exact) mass is 252 g/mol. The van der Waals surface area contributed by atoms with Crippen molar-refractivity contribution in [2.45, 2.75) is 6.54 Å². The van der Waals surface area contributed by atoms with E-state index in [-0.39, 0.29) is 12.2 Å². The number of nitrogens with two attached hydrogens (primary N) is 1. The summed E-state index contributed by atoms with van der Waals surface area (Å²) in [6.45, 7) is -0.0593. The summed E-state index contributed by atoms with van der Waals surface area (Å²) in [5.74, 6) is -2.40. The molecule has 2 rings (SSSR count). The summed E-state index contributed by atoms with van der Waals surface area (Å²) in [6.07, 6.45) is 2.90. The van der Waals surface area contributed by atoms with Crippen LogP contribution in [-0.2, 0) is 11.3 Å². The minimum Gasteiger partial charge on any atom is -0.396 e. The molecule has 2 aromatic rings. The van der Waals surface area contributed by atoms with Crippen LogP contribution >= 0.6 is 0 Å². The number of carbonyl (C=O) groups is 1.